The molecule has 1 N–H and O–H groups in total. The predicted molar refractivity (Wildman–Crippen MR) is 72.3 cm³/mol. The first kappa shape index (κ1) is 13.7. The molecule has 0 saturated carbocycles. The molecule has 0 aliphatic rings. The molecule has 18 heavy (non-hydrogen) atoms. The van der Waals surface area contributed by atoms with Gasteiger partial charge in [-0.25, -0.2) is 4.79 Å². The van der Waals surface area contributed by atoms with E-state index in [0.717, 1.165) is 17.3 Å². The van der Waals surface area contributed by atoms with E-state index in [1.54, 1.807) is 12.1 Å². The summed E-state index contributed by atoms with van der Waals surface area (Å²) in [4.78, 5) is 14.2. The van der Waals surface area contributed by atoms with E-state index in [2.05, 4.69) is 11.7 Å². The maximum Gasteiger partial charge on any atom is 0.328 e. The highest BCUT2D eigenvalue weighted by molar-refractivity contribution is 5.84. The molecule has 4 nitrogen and oxygen atoms in total. The number of nitrogens with zero attached hydrogens (tertiary/aromatic N) is 1. The number of furan rings is 1. The molecule has 0 saturated heterocycles. The predicted octanol–water partition coefficient (Wildman–Crippen LogP) is 3.39. The molecule has 0 fully saturated rings. The second-order valence-corrected chi connectivity index (χ2v) is 3.56. The number of hydrogen-bond donors (Lipinski definition) is 1. The lowest BCUT2D eigenvalue weighted by Crippen LogP contribution is -1.84. The summed E-state index contributed by atoms with van der Waals surface area (Å²) < 4.78 is 5.51. The van der Waals surface area contributed by atoms with Gasteiger partial charge in [0.15, 0.2) is 0 Å². The number of aliphatic imine (C=N–C) groups is 1. The third kappa shape index (κ3) is 3.90. The molecule has 0 aliphatic carbocycles. The normalized spacial score (nSPS) is 13.0. The summed E-state index contributed by atoms with van der Waals surface area (Å²) in [6, 6.07) is 3.49. The van der Waals surface area contributed by atoms with Gasteiger partial charge in [0.25, 0.3) is 0 Å². The largest absolute Gasteiger partial charge is 0.478 e. The summed E-state index contributed by atoms with van der Waals surface area (Å²) in [6.07, 6.45) is 6.17. The molecule has 1 rings (SSSR count). The van der Waals surface area contributed by atoms with E-state index in [1.807, 2.05) is 26.0 Å². The minimum atomic E-state index is -1.01. The molecule has 0 atom stereocenters. The maximum absolute atomic E-state index is 10.4. The lowest BCUT2D eigenvalue weighted by molar-refractivity contribution is -0.131. The number of rotatable bonds is 5. The van der Waals surface area contributed by atoms with Crippen LogP contribution in [0.1, 0.15) is 25.4 Å². The van der Waals surface area contributed by atoms with Crippen LogP contribution in [0.25, 0.3) is 11.6 Å². The van der Waals surface area contributed by atoms with Crippen molar-refractivity contribution in [3.8, 4) is 0 Å². The van der Waals surface area contributed by atoms with Crippen molar-refractivity contribution in [1.29, 1.82) is 0 Å². The van der Waals surface area contributed by atoms with E-state index in [9.17, 15) is 4.79 Å². The molecule has 0 amide bonds. The minimum Gasteiger partial charge on any atom is -0.478 e. The van der Waals surface area contributed by atoms with Gasteiger partial charge in [0.1, 0.15) is 11.5 Å². The van der Waals surface area contributed by atoms with Crippen LogP contribution < -0.4 is 0 Å². The Labute approximate surface area is 106 Å². The first-order chi connectivity index (χ1) is 8.56. The van der Waals surface area contributed by atoms with Gasteiger partial charge >= 0.3 is 5.97 Å². The molecular weight excluding hydrogens is 230 g/mol. The SMILES string of the molecule is C=N/C(C)=C\C(=C/C)c1ccc(/C=C/C(=O)O)o1. The van der Waals surface area contributed by atoms with Gasteiger partial charge in [-0.2, -0.15) is 0 Å². The molecule has 0 unspecified atom stereocenters. The highest BCUT2D eigenvalue weighted by Crippen LogP contribution is 2.21. The summed E-state index contributed by atoms with van der Waals surface area (Å²) in [5.41, 5.74) is 1.65. The Bertz CT molecular complexity index is 533. The van der Waals surface area contributed by atoms with Gasteiger partial charge in [-0.05, 0) is 44.8 Å². The zero-order valence-corrected chi connectivity index (χ0v) is 10.4. The molecule has 0 aromatic carbocycles. The molecule has 94 valence electrons. The van der Waals surface area contributed by atoms with Crippen molar-refractivity contribution in [2.45, 2.75) is 13.8 Å². The zero-order chi connectivity index (χ0) is 13.5. The van der Waals surface area contributed by atoms with Crippen LogP contribution in [0.5, 0.6) is 0 Å². The van der Waals surface area contributed by atoms with Gasteiger partial charge < -0.3 is 9.52 Å². The van der Waals surface area contributed by atoms with E-state index in [1.165, 1.54) is 6.08 Å². The number of carbonyl (C=O) groups is 1. The van der Waals surface area contributed by atoms with Crippen LogP contribution in [0, 0.1) is 0 Å². The summed E-state index contributed by atoms with van der Waals surface area (Å²) in [5, 5.41) is 8.52. The molecule has 0 aliphatic heterocycles. The first-order valence-corrected chi connectivity index (χ1v) is 5.39. The van der Waals surface area contributed by atoms with Crippen LogP contribution in [0.2, 0.25) is 0 Å². The molecule has 1 heterocycles. The van der Waals surface area contributed by atoms with Crippen LogP contribution in [-0.4, -0.2) is 17.8 Å². The van der Waals surface area contributed by atoms with Gasteiger partial charge in [-0.15, -0.1) is 0 Å². The van der Waals surface area contributed by atoms with Crippen molar-refractivity contribution < 1.29 is 14.3 Å². The third-order valence-corrected chi connectivity index (χ3v) is 2.23. The Kier molecular flexibility index (Phi) is 4.87. The summed E-state index contributed by atoms with van der Waals surface area (Å²) >= 11 is 0. The number of allylic oxidation sites excluding steroid dienone is 4. The molecule has 0 radical (unpaired) electrons. The molecule has 0 spiro atoms. The van der Waals surface area contributed by atoms with E-state index >= 15 is 0 Å². The molecule has 4 heteroatoms. The Morgan fingerprint density at radius 2 is 2.22 bits per heavy atom. The molecular formula is C14H15NO3. The Hall–Kier alpha value is -2.36. The molecule has 0 bridgehead atoms. The summed E-state index contributed by atoms with van der Waals surface area (Å²) in [7, 11) is 0. The van der Waals surface area contributed by atoms with Crippen molar-refractivity contribution in [2.75, 3.05) is 0 Å². The average Bonchev–Trinajstić information content (AvgIpc) is 2.81. The van der Waals surface area contributed by atoms with E-state index in [0.29, 0.717) is 11.5 Å². The van der Waals surface area contributed by atoms with Crippen molar-refractivity contribution in [2.24, 2.45) is 4.99 Å². The van der Waals surface area contributed by atoms with E-state index in [-0.39, 0.29) is 0 Å². The Morgan fingerprint density at radius 1 is 1.50 bits per heavy atom. The second-order valence-electron chi connectivity index (χ2n) is 3.56. The minimum absolute atomic E-state index is 0.490. The van der Waals surface area contributed by atoms with Gasteiger partial charge in [-0.1, -0.05) is 6.08 Å². The first-order valence-electron chi connectivity index (χ1n) is 5.39. The summed E-state index contributed by atoms with van der Waals surface area (Å²) in [5.74, 6) is 0.140. The fraction of sp³-hybridized carbons (Fsp3) is 0.143. The molecule has 1 aromatic rings. The number of aliphatic carboxylic acids is 1. The van der Waals surface area contributed by atoms with Gasteiger partial charge in [0, 0.05) is 17.3 Å². The van der Waals surface area contributed by atoms with Crippen LogP contribution in [0.3, 0.4) is 0 Å². The van der Waals surface area contributed by atoms with Gasteiger partial charge in [0.2, 0.25) is 0 Å². The topological polar surface area (TPSA) is 62.8 Å². The van der Waals surface area contributed by atoms with Crippen molar-refractivity contribution in [1.82, 2.24) is 0 Å². The van der Waals surface area contributed by atoms with Crippen LogP contribution in [-0.2, 0) is 4.79 Å². The highest BCUT2D eigenvalue weighted by Gasteiger charge is 2.04. The third-order valence-electron chi connectivity index (χ3n) is 2.23. The molecule has 1 aromatic heterocycles. The summed E-state index contributed by atoms with van der Waals surface area (Å²) in [6.45, 7) is 7.17. The number of carboxylic acids is 1. The highest BCUT2D eigenvalue weighted by atomic mass is 16.4. The van der Waals surface area contributed by atoms with Gasteiger partial charge in [0.05, 0.1) is 0 Å². The van der Waals surface area contributed by atoms with E-state index < -0.39 is 5.97 Å². The standard InChI is InChI=1S/C14H15NO3/c1-4-11(9-10(2)15-3)13-7-5-12(18-13)6-8-14(16)17/h4-9H,3H2,1-2H3,(H,16,17)/b8-6+,10-9-,11-4+. The fourth-order valence-corrected chi connectivity index (χ4v) is 1.32. The Morgan fingerprint density at radius 3 is 2.78 bits per heavy atom. The van der Waals surface area contributed by atoms with Crippen LogP contribution in [0.15, 0.2) is 45.5 Å². The quantitative estimate of drug-likeness (QED) is 0.491. The fourth-order valence-electron chi connectivity index (χ4n) is 1.32. The smallest absolute Gasteiger partial charge is 0.328 e. The van der Waals surface area contributed by atoms with Crippen molar-refractivity contribution in [3.63, 3.8) is 0 Å². The van der Waals surface area contributed by atoms with Crippen molar-refractivity contribution >= 4 is 24.3 Å². The van der Waals surface area contributed by atoms with E-state index in [4.69, 9.17) is 9.52 Å². The lowest BCUT2D eigenvalue weighted by Gasteiger charge is -1.97. The van der Waals surface area contributed by atoms with Crippen LogP contribution in [0.4, 0.5) is 0 Å². The van der Waals surface area contributed by atoms with Crippen LogP contribution >= 0.6 is 0 Å². The maximum atomic E-state index is 10.4. The Balaban J connectivity index is 2.97. The monoisotopic (exact) mass is 245 g/mol. The van der Waals surface area contributed by atoms with Crippen molar-refractivity contribution in [3.05, 3.63) is 47.6 Å². The zero-order valence-electron chi connectivity index (χ0n) is 10.4. The lowest BCUT2D eigenvalue weighted by atomic mass is 10.1. The number of hydrogen-bond acceptors (Lipinski definition) is 3. The number of carboxylic acid groups (broad SMARTS) is 1. The second kappa shape index (κ2) is 6.39. The van der Waals surface area contributed by atoms with Gasteiger partial charge in [-0.3, -0.25) is 4.99 Å². The average molecular weight is 245 g/mol.